The maximum Gasteiger partial charge on any atom is 0.125 e. The molecule has 0 aromatic carbocycles. The monoisotopic (exact) mass is 180 g/mol. The minimum Gasteiger partial charge on any atom is -0.271 e. The zero-order valence-electron chi connectivity index (χ0n) is 8.28. The number of nitrogens with zero attached hydrogens (tertiary/aromatic N) is 2. The average Bonchev–Trinajstić information content (AvgIpc) is 2.04. The molecule has 1 aromatic heterocycles. The summed E-state index contributed by atoms with van der Waals surface area (Å²) in [4.78, 5) is 8.35. The van der Waals surface area contributed by atoms with Crippen LogP contribution >= 0.6 is 0 Å². The second-order valence-electron chi connectivity index (χ2n) is 3.42. The Morgan fingerprint density at radius 1 is 1.46 bits per heavy atom. The molecule has 0 fully saturated rings. The molecule has 1 rings (SSSR count). The number of nitrogens with one attached hydrogen (secondary N) is 1. The van der Waals surface area contributed by atoms with Gasteiger partial charge in [0.05, 0.1) is 11.7 Å². The highest BCUT2D eigenvalue weighted by Crippen LogP contribution is 2.17. The minimum absolute atomic E-state index is 0.0988. The lowest BCUT2D eigenvalue weighted by atomic mass is 10.0. The Kier molecular flexibility index (Phi) is 3.33. The third kappa shape index (κ3) is 2.47. The molecule has 0 amide bonds. The van der Waals surface area contributed by atoms with Gasteiger partial charge in [0.25, 0.3) is 0 Å². The second-order valence-corrected chi connectivity index (χ2v) is 3.42. The molecule has 1 aromatic rings. The van der Waals surface area contributed by atoms with E-state index in [1.165, 1.54) is 0 Å². The lowest BCUT2D eigenvalue weighted by Crippen LogP contribution is -2.32. The van der Waals surface area contributed by atoms with Crippen LogP contribution < -0.4 is 11.3 Å². The third-order valence-electron chi connectivity index (χ3n) is 1.96. The largest absolute Gasteiger partial charge is 0.271 e. The summed E-state index contributed by atoms with van der Waals surface area (Å²) in [6, 6.07) is 1.99. The third-order valence-corrected chi connectivity index (χ3v) is 1.96. The van der Waals surface area contributed by atoms with Gasteiger partial charge >= 0.3 is 0 Å². The number of rotatable bonds is 3. The number of nitrogens with two attached hydrogens (primary N) is 1. The van der Waals surface area contributed by atoms with Gasteiger partial charge in [-0.1, -0.05) is 13.8 Å². The first-order valence-corrected chi connectivity index (χ1v) is 4.41. The van der Waals surface area contributed by atoms with E-state index in [1.54, 1.807) is 6.20 Å². The van der Waals surface area contributed by atoms with Crippen molar-refractivity contribution in [3.8, 4) is 0 Å². The summed E-state index contributed by atoms with van der Waals surface area (Å²) >= 11 is 0. The van der Waals surface area contributed by atoms with E-state index >= 15 is 0 Å². The van der Waals surface area contributed by atoms with Gasteiger partial charge in [-0.05, 0) is 18.9 Å². The van der Waals surface area contributed by atoms with Gasteiger partial charge in [0.2, 0.25) is 0 Å². The highest BCUT2D eigenvalue weighted by atomic mass is 15.2. The van der Waals surface area contributed by atoms with Crippen molar-refractivity contribution in [2.45, 2.75) is 26.8 Å². The van der Waals surface area contributed by atoms with Crippen molar-refractivity contribution in [2.75, 3.05) is 0 Å². The van der Waals surface area contributed by atoms with Crippen molar-refractivity contribution < 1.29 is 0 Å². The van der Waals surface area contributed by atoms with E-state index in [0.717, 1.165) is 11.5 Å². The smallest absolute Gasteiger partial charge is 0.125 e. The summed E-state index contributed by atoms with van der Waals surface area (Å²) in [7, 11) is 0. The van der Waals surface area contributed by atoms with Gasteiger partial charge in [0.1, 0.15) is 5.82 Å². The second kappa shape index (κ2) is 4.30. The highest BCUT2D eigenvalue weighted by Gasteiger charge is 2.14. The molecule has 0 spiro atoms. The van der Waals surface area contributed by atoms with Crippen LogP contribution in [0.25, 0.3) is 0 Å². The molecule has 1 atom stereocenters. The fraction of sp³-hybridized carbons (Fsp3) is 0.556. The summed E-state index contributed by atoms with van der Waals surface area (Å²) in [6.07, 6.45) is 1.75. The van der Waals surface area contributed by atoms with Crippen molar-refractivity contribution in [3.05, 3.63) is 23.8 Å². The Labute approximate surface area is 78.6 Å². The number of aryl methyl sites for hydroxylation is 1. The Morgan fingerprint density at radius 2 is 2.15 bits per heavy atom. The summed E-state index contributed by atoms with van der Waals surface area (Å²) in [5.41, 5.74) is 3.70. The molecule has 0 saturated heterocycles. The fourth-order valence-electron chi connectivity index (χ4n) is 1.27. The quantitative estimate of drug-likeness (QED) is 0.537. The van der Waals surface area contributed by atoms with Crippen LogP contribution in [0, 0.1) is 12.8 Å². The molecule has 1 heterocycles. The molecule has 72 valence electrons. The van der Waals surface area contributed by atoms with Crippen molar-refractivity contribution >= 4 is 0 Å². The van der Waals surface area contributed by atoms with Crippen LogP contribution in [0.3, 0.4) is 0 Å². The average molecular weight is 180 g/mol. The van der Waals surface area contributed by atoms with Gasteiger partial charge in [0.15, 0.2) is 0 Å². The van der Waals surface area contributed by atoms with Crippen molar-refractivity contribution in [3.63, 3.8) is 0 Å². The Balaban J connectivity index is 2.91. The number of hydrogen-bond donors (Lipinski definition) is 2. The zero-order valence-corrected chi connectivity index (χ0v) is 8.28. The van der Waals surface area contributed by atoms with E-state index < -0.39 is 0 Å². The van der Waals surface area contributed by atoms with Gasteiger partial charge in [-0.25, -0.2) is 9.97 Å². The summed E-state index contributed by atoms with van der Waals surface area (Å²) < 4.78 is 0. The number of hydrogen-bond acceptors (Lipinski definition) is 4. The molecule has 0 aliphatic heterocycles. The van der Waals surface area contributed by atoms with Gasteiger partial charge in [-0.3, -0.25) is 11.3 Å². The van der Waals surface area contributed by atoms with E-state index in [1.807, 2.05) is 13.0 Å². The van der Waals surface area contributed by atoms with E-state index in [4.69, 9.17) is 5.84 Å². The van der Waals surface area contributed by atoms with Crippen LogP contribution in [-0.2, 0) is 0 Å². The van der Waals surface area contributed by atoms with Gasteiger partial charge in [0, 0.05) is 6.20 Å². The topological polar surface area (TPSA) is 63.8 Å². The lowest BCUT2D eigenvalue weighted by Gasteiger charge is -2.18. The molecule has 3 N–H and O–H groups in total. The van der Waals surface area contributed by atoms with Crippen LogP contribution in [0.15, 0.2) is 12.3 Å². The summed E-state index contributed by atoms with van der Waals surface area (Å²) in [5.74, 6) is 6.64. The molecular weight excluding hydrogens is 164 g/mol. The Bertz CT molecular complexity index is 272. The molecule has 0 aliphatic rings. The van der Waals surface area contributed by atoms with Crippen LogP contribution in [0.2, 0.25) is 0 Å². The standard InChI is InChI=1S/C9H16N4/c1-6(2)9(13-10)8-4-5-11-7(3)12-8/h4-6,9,13H,10H2,1-3H3. The fourth-order valence-corrected chi connectivity index (χ4v) is 1.27. The van der Waals surface area contributed by atoms with E-state index in [2.05, 4.69) is 29.2 Å². The maximum absolute atomic E-state index is 5.45. The molecule has 0 aliphatic carbocycles. The molecule has 4 nitrogen and oxygen atoms in total. The first kappa shape index (κ1) is 10.1. The first-order valence-electron chi connectivity index (χ1n) is 4.41. The van der Waals surface area contributed by atoms with Crippen LogP contribution in [-0.4, -0.2) is 9.97 Å². The molecule has 4 heteroatoms. The Morgan fingerprint density at radius 3 is 2.62 bits per heavy atom. The van der Waals surface area contributed by atoms with Gasteiger partial charge < -0.3 is 0 Å². The van der Waals surface area contributed by atoms with E-state index in [9.17, 15) is 0 Å². The summed E-state index contributed by atoms with van der Waals surface area (Å²) in [5, 5.41) is 0. The predicted molar refractivity (Wildman–Crippen MR) is 51.7 cm³/mol. The molecule has 1 unspecified atom stereocenters. The van der Waals surface area contributed by atoms with Crippen molar-refractivity contribution in [1.82, 2.24) is 15.4 Å². The zero-order chi connectivity index (χ0) is 9.84. The first-order chi connectivity index (χ1) is 6.15. The number of hydrazine groups is 1. The lowest BCUT2D eigenvalue weighted by molar-refractivity contribution is 0.411. The Hall–Kier alpha value is -1.00. The number of aromatic nitrogens is 2. The van der Waals surface area contributed by atoms with E-state index in [0.29, 0.717) is 5.92 Å². The normalized spacial score (nSPS) is 13.3. The van der Waals surface area contributed by atoms with Gasteiger partial charge in [-0.2, -0.15) is 0 Å². The van der Waals surface area contributed by atoms with Gasteiger partial charge in [-0.15, -0.1) is 0 Å². The van der Waals surface area contributed by atoms with Crippen LogP contribution in [0.5, 0.6) is 0 Å². The van der Waals surface area contributed by atoms with Crippen molar-refractivity contribution in [2.24, 2.45) is 11.8 Å². The highest BCUT2D eigenvalue weighted by molar-refractivity contribution is 5.07. The van der Waals surface area contributed by atoms with Crippen LogP contribution in [0.1, 0.15) is 31.4 Å². The molecule has 0 radical (unpaired) electrons. The van der Waals surface area contributed by atoms with Crippen molar-refractivity contribution in [1.29, 1.82) is 0 Å². The SMILES string of the molecule is Cc1nccc(C(NN)C(C)C)n1. The van der Waals surface area contributed by atoms with E-state index in [-0.39, 0.29) is 6.04 Å². The molecule has 0 saturated carbocycles. The van der Waals surface area contributed by atoms with Crippen LogP contribution in [0.4, 0.5) is 0 Å². The predicted octanol–water partition coefficient (Wildman–Crippen LogP) is 0.945. The maximum atomic E-state index is 5.45. The molecule has 0 bridgehead atoms. The minimum atomic E-state index is 0.0988. The summed E-state index contributed by atoms with van der Waals surface area (Å²) in [6.45, 7) is 6.07. The molecule has 13 heavy (non-hydrogen) atoms. The molecular formula is C9H16N4.